The number of hydrogen-bond acceptors (Lipinski definition) is 6. The molecule has 140 valence electrons. The molecule has 0 radical (unpaired) electrons. The number of carbonyl (C=O) groups is 1. The molecule has 2 heterocycles. The number of nitrogens with one attached hydrogen (secondary N) is 2. The number of amides is 1. The van der Waals surface area contributed by atoms with Crippen LogP contribution in [0.2, 0.25) is 0 Å². The maximum atomic E-state index is 12.7. The van der Waals surface area contributed by atoms with Crippen molar-refractivity contribution in [1.29, 1.82) is 0 Å². The number of H-pyrrole nitrogens is 1. The molecule has 1 aromatic heterocycles. The lowest BCUT2D eigenvalue weighted by atomic mass is 9.86. The SMILES string of the molecule is C#CCSc1nc2c(c(=O)[nH]1)[C@H](c1ccc(OC)c(OCC)c1)CC(=O)N2. The molecular formula is C19H19N3O4S. The van der Waals surface area contributed by atoms with E-state index in [1.54, 1.807) is 19.2 Å². The monoisotopic (exact) mass is 385 g/mol. The third-order valence-electron chi connectivity index (χ3n) is 4.11. The Hall–Kier alpha value is -2.92. The van der Waals surface area contributed by atoms with Gasteiger partial charge in [0, 0.05) is 12.3 Å². The highest BCUT2D eigenvalue weighted by atomic mass is 32.2. The van der Waals surface area contributed by atoms with Crippen LogP contribution in [0.1, 0.15) is 30.4 Å². The van der Waals surface area contributed by atoms with Gasteiger partial charge in [0.05, 0.1) is 25.0 Å². The minimum absolute atomic E-state index is 0.145. The molecule has 0 bridgehead atoms. The third kappa shape index (κ3) is 3.93. The molecule has 0 saturated heterocycles. The van der Waals surface area contributed by atoms with Gasteiger partial charge in [-0.1, -0.05) is 23.7 Å². The first kappa shape index (κ1) is 18.9. The lowest BCUT2D eigenvalue weighted by Crippen LogP contribution is -2.31. The fourth-order valence-electron chi connectivity index (χ4n) is 2.99. The predicted octanol–water partition coefficient (Wildman–Crippen LogP) is 2.38. The van der Waals surface area contributed by atoms with E-state index in [4.69, 9.17) is 15.9 Å². The molecule has 3 rings (SSSR count). The average molecular weight is 385 g/mol. The number of fused-ring (bicyclic) bond motifs is 1. The number of rotatable bonds is 6. The molecule has 0 aliphatic carbocycles. The van der Waals surface area contributed by atoms with Crippen LogP contribution < -0.4 is 20.3 Å². The molecule has 2 N–H and O–H groups in total. The Morgan fingerprint density at radius 3 is 2.89 bits per heavy atom. The first-order valence-corrected chi connectivity index (χ1v) is 9.37. The zero-order chi connectivity index (χ0) is 19.4. The van der Waals surface area contributed by atoms with Crippen LogP contribution in [0.4, 0.5) is 5.82 Å². The topological polar surface area (TPSA) is 93.3 Å². The lowest BCUT2D eigenvalue weighted by Gasteiger charge is -2.25. The van der Waals surface area contributed by atoms with Crippen molar-refractivity contribution in [2.24, 2.45) is 0 Å². The van der Waals surface area contributed by atoms with E-state index in [0.29, 0.717) is 34.6 Å². The molecule has 2 aromatic rings. The van der Waals surface area contributed by atoms with Crippen molar-refractivity contribution < 1.29 is 14.3 Å². The van der Waals surface area contributed by atoms with Gasteiger partial charge in [-0.15, -0.1) is 6.42 Å². The average Bonchev–Trinajstić information content (AvgIpc) is 2.65. The van der Waals surface area contributed by atoms with E-state index in [1.807, 2.05) is 13.0 Å². The van der Waals surface area contributed by atoms with Crippen molar-refractivity contribution in [3.8, 4) is 23.8 Å². The molecule has 1 aromatic carbocycles. The van der Waals surface area contributed by atoms with Gasteiger partial charge in [0.15, 0.2) is 16.7 Å². The third-order valence-corrected chi connectivity index (χ3v) is 4.89. The number of benzene rings is 1. The summed E-state index contributed by atoms with van der Waals surface area (Å²) in [7, 11) is 1.56. The van der Waals surface area contributed by atoms with Gasteiger partial charge in [-0.3, -0.25) is 9.59 Å². The molecule has 8 heteroatoms. The molecule has 0 unspecified atom stereocenters. The van der Waals surface area contributed by atoms with E-state index in [0.717, 1.165) is 5.56 Å². The van der Waals surface area contributed by atoms with Gasteiger partial charge >= 0.3 is 0 Å². The minimum Gasteiger partial charge on any atom is -0.493 e. The van der Waals surface area contributed by atoms with Crippen molar-refractivity contribution in [2.75, 3.05) is 24.8 Å². The first-order chi connectivity index (χ1) is 13.1. The smallest absolute Gasteiger partial charge is 0.257 e. The molecule has 1 atom stereocenters. The second-order valence-electron chi connectivity index (χ2n) is 5.77. The molecular weight excluding hydrogens is 366 g/mol. The minimum atomic E-state index is -0.429. The molecule has 0 spiro atoms. The van der Waals surface area contributed by atoms with E-state index < -0.39 is 5.92 Å². The summed E-state index contributed by atoms with van der Waals surface area (Å²) in [5.41, 5.74) is 0.914. The number of aromatic nitrogens is 2. The maximum absolute atomic E-state index is 12.7. The highest BCUT2D eigenvalue weighted by Crippen LogP contribution is 2.38. The van der Waals surface area contributed by atoms with Crippen LogP contribution in [0, 0.1) is 12.3 Å². The largest absolute Gasteiger partial charge is 0.493 e. The number of carbonyl (C=O) groups excluding carboxylic acids is 1. The molecule has 0 fully saturated rings. The fourth-order valence-corrected chi connectivity index (χ4v) is 3.53. The maximum Gasteiger partial charge on any atom is 0.257 e. The second-order valence-corrected chi connectivity index (χ2v) is 6.74. The van der Waals surface area contributed by atoms with Gasteiger partial charge in [0.2, 0.25) is 5.91 Å². The standard InChI is InChI=1S/C19H19N3O4S/c1-4-8-27-19-21-17-16(18(24)22-19)12(10-15(23)20-17)11-6-7-13(25-3)14(9-11)26-5-2/h1,6-7,9,12H,5,8,10H2,2-3H3,(H2,20,21,22,23,24)/t12-/m0/s1. The Kier molecular flexibility index (Phi) is 5.72. The Morgan fingerprint density at radius 2 is 2.19 bits per heavy atom. The Labute approximate surface area is 160 Å². The van der Waals surface area contributed by atoms with Crippen LogP contribution >= 0.6 is 11.8 Å². The van der Waals surface area contributed by atoms with Gasteiger partial charge in [0.25, 0.3) is 5.56 Å². The number of ether oxygens (including phenoxy) is 2. The zero-order valence-electron chi connectivity index (χ0n) is 15.0. The summed E-state index contributed by atoms with van der Waals surface area (Å²) in [5, 5.41) is 3.07. The van der Waals surface area contributed by atoms with E-state index in [-0.39, 0.29) is 23.7 Å². The highest BCUT2D eigenvalue weighted by molar-refractivity contribution is 7.99. The number of terminal acetylenes is 1. The van der Waals surface area contributed by atoms with Crippen molar-refractivity contribution in [2.45, 2.75) is 24.4 Å². The Bertz CT molecular complexity index is 964. The van der Waals surface area contributed by atoms with E-state index in [1.165, 1.54) is 11.8 Å². The first-order valence-electron chi connectivity index (χ1n) is 8.38. The van der Waals surface area contributed by atoms with Crippen molar-refractivity contribution in [1.82, 2.24) is 9.97 Å². The molecule has 1 aliphatic heterocycles. The number of aromatic amines is 1. The number of nitrogens with zero attached hydrogens (tertiary/aromatic N) is 1. The van der Waals surface area contributed by atoms with Gasteiger partial charge in [-0.2, -0.15) is 0 Å². The summed E-state index contributed by atoms with van der Waals surface area (Å²) in [6.45, 7) is 2.35. The molecule has 1 amide bonds. The van der Waals surface area contributed by atoms with E-state index in [9.17, 15) is 9.59 Å². The summed E-state index contributed by atoms with van der Waals surface area (Å²) in [5.74, 6) is 3.64. The zero-order valence-corrected chi connectivity index (χ0v) is 15.8. The normalized spacial score (nSPS) is 15.4. The van der Waals surface area contributed by atoms with Crippen LogP contribution in [0.3, 0.4) is 0 Å². The van der Waals surface area contributed by atoms with Crippen LogP contribution in [0.5, 0.6) is 11.5 Å². The Morgan fingerprint density at radius 1 is 1.37 bits per heavy atom. The summed E-state index contributed by atoms with van der Waals surface area (Å²) in [6.07, 6.45) is 5.40. The van der Waals surface area contributed by atoms with Crippen molar-refractivity contribution in [3.63, 3.8) is 0 Å². The predicted molar refractivity (Wildman–Crippen MR) is 104 cm³/mol. The summed E-state index contributed by atoms with van der Waals surface area (Å²) >= 11 is 1.23. The van der Waals surface area contributed by atoms with Gasteiger partial charge in [-0.25, -0.2) is 4.98 Å². The molecule has 0 saturated carbocycles. The second kappa shape index (κ2) is 8.18. The summed E-state index contributed by atoms with van der Waals surface area (Å²) in [4.78, 5) is 32.0. The van der Waals surface area contributed by atoms with Crippen LogP contribution in [-0.2, 0) is 4.79 Å². The molecule has 1 aliphatic rings. The van der Waals surface area contributed by atoms with Crippen LogP contribution in [0.15, 0.2) is 28.2 Å². The van der Waals surface area contributed by atoms with E-state index in [2.05, 4.69) is 21.2 Å². The van der Waals surface area contributed by atoms with Crippen LogP contribution in [-0.4, -0.2) is 35.3 Å². The van der Waals surface area contributed by atoms with Crippen molar-refractivity contribution in [3.05, 3.63) is 39.7 Å². The van der Waals surface area contributed by atoms with Crippen LogP contribution in [0.25, 0.3) is 0 Å². The number of hydrogen-bond donors (Lipinski definition) is 2. The number of anilines is 1. The lowest BCUT2D eigenvalue weighted by molar-refractivity contribution is -0.116. The summed E-state index contributed by atoms with van der Waals surface area (Å²) in [6, 6.07) is 5.40. The Balaban J connectivity index is 2.06. The van der Waals surface area contributed by atoms with Gasteiger partial charge in [0.1, 0.15) is 5.82 Å². The van der Waals surface area contributed by atoms with E-state index >= 15 is 0 Å². The molecule has 7 nitrogen and oxygen atoms in total. The van der Waals surface area contributed by atoms with Gasteiger partial charge in [-0.05, 0) is 24.6 Å². The number of thioether (sulfide) groups is 1. The van der Waals surface area contributed by atoms with Crippen molar-refractivity contribution >= 4 is 23.5 Å². The molecule has 27 heavy (non-hydrogen) atoms. The number of methoxy groups -OCH3 is 1. The summed E-state index contributed by atoms with van der Waals surface area (Å²) < 4.78 is 10.9. The van der Waals surface area contributed by atoms with Gasteiger partial charge < -0.3 is 19.8 Å². The quantitative estimate of drug-likeness (QED) is 0.451. The fraction of sp³-hybridized carbons (Fsp3) is 0.316. The highest BCUT2D eigenvalue weighted by Gasteiger charge is 2.31.